The number of aliphatic hydroxyl groups is 8. The van der Waals surface area contributed by atoms with Crippen molar-refractivity contribution in [3.63, 3.8) is 0 Å². The molecule has 8 N–H and O–H groups in total. The zero-order chi connectivity index (χ0) is 39.5. The number of rotatable bonds is 13. The third-order valence-corrected chi connectivity index (χ3v) is 15.6. The van der Waals surface area contributed by atoms with Crippen LogP contribution in [0, 0.1) is 52.3 Å². The number of ether oxygens (including phenoxy) is 6. The van der Waals surface area contributed by atoms with Crippen molar-refractivity contribution in [2.24, 2.45) is 52.3 Å². The molecular formula is C40H70O14. The first-order valence-corrected chi connectivity index (χ1v) is 20.5. The van der Waals surface area contributed by atoms with E-state index in [1.807, 2.05) is 0 Å². The number of aliphatic hydroxyl groups excluding tert-OH is 7. The Hall–Kier alpha value is -0.560. The SMILES string of the molecule is CO[C@H]1[C@H](O[C@H]2[C@H](OC[C@H](CC[C@@H](C)[C@H]3[C@@H](O)[C@@H](O)[C@@H]4[C@]3(C)CC[C@@H]3[C@@]5(C)CC[C@H](O)C[C@@H]5[C@@H](O)C[C@]34O)C(C)C)O[C@@H](CO)[C@@H]2O)OC[C@@H](OC)[C@@H]1O. The van der Waals surface area contributed by atoms with Crippen LogP contribution in [0.3, 0.4) is 0 Å². The predicted molar refractivity (Wildman–Crippen MR) is 193 cm³/mol. The molecule has 0 amide bonds. The Bertz CT molecular complexity index is 1240. The minimum absolute atomic E-state index is 0.0103. The molecule has 0 aromatic carbocycles. The Kier molecular flexibility index (Phi) is 13.2. The molecule has 6 fully saturated rings. The first kappa shape index (κ1) is 43.0. The van der Waals surface area contributed by atoms with Gasteiger partial charge < -0.3 is 69.3 Å². The molecule has 0 unspecified atom stereocenters. The van der Waals surface area contributed by atoms with Crippen LogP contribution in [0.5, 0.6) is 0 Å². The zero-order valence-electron chi connectivity index (χ0n) is 33.3. The van der Waals surface area contributed by atoms with Gasteiger partial charge in [0, 0.05) is 26.6 Å². The predicted octanol–water partition coefficient (Wildman–Crippen LogP) is 0.949. The van der Waals surface area contributed by atoms with Crippen LogP contribution in [0.1, 0.15) is 86.0 Å². The molecule has 14 heteroatoms. The summed E-state index contributed by atoms with van der Waals surface area (Å²) in [5, 5.41) is 89.8. The summed E-state index contributed by atoms with van der Waals surface area (Å²) < 4.78 is 34.9. The van der Waals surface area contributed by atoms with Gasteiger partial charge >= 0.3 is 0 Å². The third kappa shape index (κ3) is 7.35. The Balaban J connectivity index is 1.11. The van der Waals surface area contributed by atoms with E-state index in [0.717, 1.165) is 25.7 Å². The zero-order valence-corrected chi connectivity index (χ0v) is 33.3. The molecule has 0 aromatic heterocycles. The molecule has 0 bridgehead atoms. The fourth-order valence-electron chi connectivity index (χ4n) is 12.6. The lowest BCUT2D eigenvalue weighted by atomic mass is 9.42. The van der Waals surface area contributed by atoms with E-state index >= 15 is 0 Å². The van der Waals surface area contributed by atoms with Gasteiger partial charge in [-0.3, -0.25) is 0 Å². The van der Waals surface area contributed by atoms with Crippen LogP contribution in [0.15, 0.2) is 0 Å². The smallest absolute Gasteiger partial charge is 0.187 e. The summed E-state index contributed by atoms with van der Waals surface area (Å²) in [7, 11) is 2.89. The second kappa shape index (κ2) is 16.6. The summed E-state index contributed by atoms with van der Waals surface area (Å²) in [6.07, 6.45) is -6.32. The molecule has 314 valence electrons. The standard InChI is InChI=1S/C40H70O14/c1-19(2)21(17-51-37-34(29(44)25(16-41)53-37)54-36-33(50-7)30(45)26(49-6)18-52-36)9-8-20(3)28-31(46)32(47)35-39(28,5)13-11-27-38(4)12-10-22(42)14-23(38)24(43)15-40(27,35)48/h19-37,41-48H,8-18H2,1-7H3/t20-,21+,22+,23-,24+,25+,26-,27-,28+,29+,30+,31-,32-,33-,34-,35-,36+,37-,38+,39-,40+/m1/s1. The summed E-state index contributed by atoms with van der Waals surface area (Å²) >= 11 is 0. The highest BCUT2D eigenvalue weighted by molar-refractivity contribution is 5.21. The van der Waals surface area contributed by atoms with Crippen LogP contribution in [0.4, 0.5) is 0 Å². The molecule has 6 rings (SSSR count). The Labute approximate surface area is 320 Å². The van der Waals surface area contributed by atoms with Crippen molar-refractivity contribution in [1.29, 1.82) is 0 Å². The lowest BCUT2D eigenvalue weighted by Crippen LogP contribution is -2.68. The van der Waals surface area contributed by atoms with Gasteiger partial charge in [-0.2, -0.15) is 0 Å². The molecule has 14 nitrogen and oxygen atoms in total. The molecule has 6 aliphatic rings. The lowest BCUT2D eigenvalue weighted by molar-refractivity contribution is -0.310. The summed E-state index contributed by atoms with van der Waals surface area (Å²) in [5.41, 5.74) is -2.26. The fourth-order valence-corrected chi connectivity index (χ4v) is 12.6. The van der Waals surface area contributed by atoms with Gasteiger partial charge in [-0.15, -0.1) is 0 Å². The number of hydrogen-bond acceptors (Lipinski definition) is 14. The summed E-state index contributed by atoms with van der Waals surface area (Å²) in [6.45, 7) is 10.4. The Morgan fingerprint density at radius 3 is 2.17 bits per heavy atom. The fraction of sp³-hybridized carbons (Fsp3) is 1.00. The second-order valence-corrected chi connectivity index (χ2v) is 18.8. The largest absolute Gasteiger partial charge is 0.394 e. The molecule has 54 heavy (non-hydrogen) atoms. The first-order chi connectivity index (χ1) is 25.5. The van der Waals surface area contributed by atoms with Gasteiger partial charge in [0.25, 0.3) is 0 Å². The van der Waals surface area contributed by atoms with Gasteiger partial charge in [0.1, 0.15) is 36.6 Å². The third-order valence-electron chi connectivity index (χ3n) is 15.6. The minimum Gasteiger partial charge on any atom is -0.394 e. The number of methoxy groups -OCH3 is 2. The van der Waals surface area contributed by atoms with Crippen molar-refractivity contribution in [1.82, 2.24) is 0 Å². The van der Waals surface area contributed by atoms with Gasteiger partial charge in [-0.05, 0) is 91.3 Å². The first-order valence-electron chi connectivity index (χ1n) is 20.5. The molecular weight excluding hydrogens is 704 g/mol. The monoisotopic (exact) mass is 774 g/mol. The van der Waals surface area contributed by atoms with E-state index in [0.29, 0.717) is 19.3 Å². The van der Waals surface area contributed by atoms with E-state index in [1.54, 1.807) is 0 Å². The summed E-state index contributed by atoms with van der Waals surface area (Å²) in [4.78, 5) is 0. The molecule has 0 aromatic rings. The molecule has 2 heterocycles. The quantitative estimate of drug-likeness (QED) is 0.131. The highest BCUT2D eigenvalue weighted by Crippen LogP contribution is 2.70. The van der Waals surface area contributed by atoms with E-state index in [9.17, 15) is 40.9 Å². The average Bonchev–Trinajstić information content (AvgIpc) is 3.53. The molecule has 0 radical (unpaired) electrons. The van der Waals surface area contributed by atoms with Crippen molar-refractivity contribution in [3.05, 3.63) is 0 Å². The van der Waals surface area contributed by atoms with E-state index in [-0.39, 0.29) is 60.6 Å². The highest BCUT2D eigenvalue weighted by Gasteiger charge is 2.72. The van der Waals surface area contributed by atoms with E-state index in [2.05, 4.69) is 34.6 Å². The van der Waals surface area contributed by atoms with E-state index in [4.69, 9.17) is 28.4 Å². The number of fused-ring (bicyclic) bond motifs is 5. The van der Waals surface area contributed by atoms with Crippen LogP contribution in [-0.4, -0.2) is 154 Å². The van der Waals surface area contributed by atoms with Crippen LogP contribution >= 0.6 is 0 Å². The molecule has 2 aliphatic heterocycles. The van der Waals surface area contributed by atoms with Crippen molar-refractivity contribution < 1.29 is 69.3 Å². The van der Waals surface area contributed by atoms with Gasteiger partial charge in [0.15, 0.2) is 12.6 Å². The van der Waals surface area contributed by atoms with E-state index < -0.39 is 97.2 Å². The van der Waals surface area contributed by atoms with Crippen LogP contribution < -0.4 is 0 Å². The summed E-state index contributed by atoms with van der Waals surface area (Å²) in [6, 6.07) is 0. The van der Waals surface area contributed by atoms with Crippen molar-refractivity contribution in [2.75, 3.05) is 34.0 Å². The maximum atomic E-state index is 12.7. The minimum atomic E-state index is -1.34. The highest BCUT2D eigenvalue weighted by atomic mass is 16.8. The van der Waals surface area contributed by atoms with Crippen molar-refractivity contribution in [2.45, 2.75) is 165 Å². The number of hydrogen-bond donors (Lipinski definition) is 8. The molecule has 21 atom stereocenters. The second-order valence-electron chi connectivity index (χ2n) is 18.8. The Morgan fingerprint density at radius 2 is 1.52 bits per heavy atom. The van der Waals surface area contributed by atoms with Gasteiger partial charge in [0.05, 0.1) is 49.8 Å². The molecule has 2 saturated heterocycles. The van der Waals surface area contributed by atoms with Gasteiger partial charge in [-0.25, -0.2) is 0 Å². The maximum Gasteiger partial charge on any atom is 0.187 e. The molecule has 0 spiro atoms. The van der Waals surface area contributed by atoms with Crippen molar-refractivity contribution >= 4 is 0 Å². The van der Waals surface area contributed by atoms with Crippen LogP contribution in [-0.2, 0) is 28.4 Å². The van der Waals surface area contributed by atoms with Crippen molar-refractivity contribution in [3.8, 4) is 0 Å². The van der Waals surface area contributed by atoms with E-state index in [1.165, 1.54) is 14.2 Å². The Morgan fingerprint density at radius 1 is 0.815 bits per heavy atom. The van der Waals surface area contributed by atoms with Gasteiger partial charge in [0.2, 0.25) is 0 Å². The molecule has 4 aliphatic carbocycles. The summed E-state index contributed by atoms with van der Waals surface area (Å²) in [5.74, 6) is -0.897. The maximum absolute atomic E-state index is 12.7. The van der Waals surface area contributed by atoms with Gasteiger partial charge in [-0.1, -0.05) is 34.6 Å². The lowest BCUT2D eigenvalue weighted by Gasteiger charge is -2.65. The normalized spacial score (nSPS) is 51.8. The van der Waals surface area contributed by atoms with Crippen LogP contribution in [0.25, 0.3) is 0 Å². The molecule has 4 saturated carbocycles. The van der Waals surface area contributed by atoms with Crippen LogP contribution in [0.2, 0.25) is 0 Å². The average molecular weight is 775 g/mol. The topological polar surface area (TPSA) is 217 Å².